The molecule has 3 rings (SSSR count). The van der Waals surface area contributed by atoms with Gasteiger partial charge in [-0.25, -0.2) is 0 Å². The molecule has 1 aromatic rings. The molecule has 19 heavy (non-hydrogen) atoms. The van der Waals surface area contributed by atoms with Crippen LogP contribution >= 0.6 is 0 Å². The van der Waals surface area contributed by atoms with Crippen molar-refractivity contribution in [3.8, 4) is 0 Å². The number of piperidine rings is 1. The third-order valence-electron chi connectivity index (χ3n) is 4.54. The van der Waals surface area contributed by atoms with Crippen molar-refractivity contribution in [3.05, 3.63) is 11.7 Å². The van der Waals surface area contributed by atoms with E-state index in [0.717, 1.165) is 24.7 Å². The summed E-state index contributed by atoms with van der Waals surface area (Å²) < 4.78 is 5.51. The fraction of sp³-hybridized carbons (Fsp3) is 0.867. The maximum Gasteiger partial charge on any atom is 0.243 e. The van der Waals surface area contributed by atoms with E-state index in [2.05, 4.69) is 15.5 Å². The number of nitrogens with zero attached hydrogens (tertiary/aromatic N) is 2. The van der Waals surface area contributed by atoms with E-state index in [1.54, 1.807) is 0 Å². The Morgan fingerprint density at radius 2 is 1.63 bits per heavy atom. The van der Waals surface area contributed by atoms with E-state index in [1.165, 1.54) is 57.8 Å². The average molecular weight is 263 g/mol. The highest BCUT2D eigenvalue weighted by atomic mass is 16.5. The fourth-order valence-electron chi connectivity index (χ4n) is 3.33. The Kier molecular flexibility index (Phi) is 4.49. The Morgan fingerprint density at radius 1 is 0.895 bits per heavy atom. The van der Waals surface area contributed by atoms with Crippen LogP contribution in [0.5, 0.6) is 0 Å². The van der Waals surface area contributed by atoms with Gasteiger partial charge in [-0.3, -0.25) is 0 Å². The second-order valence-electron chi connectivity index (χ2n) is 6.04. The molecule has 4 heteroatoms. The van der Waals surface area contributed by atoms with Crippen molar-refractivity contribution in [2.75, 3.05) is 6.54 Å². The van der Waals surface area contributed by atoms with Gasteiger partial charge in [-0.15, -0.1) is 0 Å². The third-order valence-corrected chi connectivity index (χ3v) is 4.54. The fourth-order valence-corrected chi connectivity index (χ4v) is 3.33. The molecule has 0 radical (unpaired) electrons. The van der Waals surface area contributed by atoms with Gasteiger partial charge in [-0.05, 0) is 32.2 Å². The lowest BCUT2D eigenvalue weighted by atomic mass is 9.91. The standard InChI is InChI=1S/C15H25N3O/c1-2-4-8-12(9-5-3-1)14-17-15(19-18-14)13-10-6-7-11-16-13/h12-13,16H,1-11H2/t13-/m0/s1. The Balaban J connectivity index is 1.65. The van der Waals surface area contributed by atoms with Crippen molar-refractivity contribution >= 4 is 0 Å². The molecule has 2 aliphatic rings. The molecule has 1 N–H and O–H groups in total. The molecule has 0 unspecified atom stereocenters. The van der Waals surface area contributed by atoms with Crippen LogP contribution in [0.3, 0.4) is 0 Å². The highest BCUT2D eigenvalue weighted by Crippen LogP contribution is 2.30. The van der Waals surface area contributed by atoms with Crippen LogP contribution in [0.1, 0.15) is 87.9 Å². The lowest BCUT2D eigenvalue weighted by molar-refractivity contribution is 0.294. The summed E-state index contributed by atoms with van der Waals surface area (Å²) in [6, 6.07) is 0.295. The summed E-state index contributed by atoms with van der Waals surface area (Å²) in [5, 5.41) is 7.74. The minimum Gasteiger partial charge on any atom is -0.338 e. The Morgan fingerprint density at radius 3 is 2.37 bits per heavy atom. The number of hydrogen-bond donors (Lipinski definition) is 1. The van der Waals surface area contributed by atoms with Crippen LogP contribution in [0, 0.1) is 0 Å². The molecular formula is C15H25N3O. The van der Waals surface area contributed by atoms with Crippen molar-refractivity contribution in [1.29, 1.82) is 0 Å². The van der Waals surface area contributed by atoms with Gasteiger partial charge in [-0.2, -0.15) is 4.98 Å². The Labute approximate surface area is 115 Å². The smallest absolute Gasteiger partial charge is 0.243 e. The van der Waals surface area contributed by atoms with E-state index in [0.29, 0.717) is 12.0 Å². The molecule has 2 fully saturated rings. The first-order valence-electron chi connectivity index (χ1n) is 8.00. The summed E-state index contributed by atoms with van der Waals surface area (Å²) in [6.45, 7) is 1.08. The van der Waals surface area contributed by atoms with Gasteiger partial charge in [0.25, 0.3) is 0 Å². The number of rotatable bonds is 2. The zero-order chi connectivity index (χ0) is 12.9. The molecule has 0 amide bonds. The first-order chi connectivity index (χ1) is 9.43. The highest BCUT2D eigenvalue weighted by Gasteiger charge is 2.24. The minimum absolute atomic E-state index is 0.295. The van der Waals surface area contributed by atoms with Gasteiger partial charge >= 0.3 is 0 Å². The molecule has 2 heterocycles. The quantitative estimate of drug-likeness (QED) is 0.883. The lowest BCUT2D eigenvalue weighted by Gasteiger charge is -2.19. The Hall–Kier alpha value is -0.900. The van der Waals surface area contributed by atoms with E-state index < -0.39 is 0 Å². The van der Waals surface area contributed by atoms with Gasteiger partial charge in [-0.1, -0.05) is 43.7 Å². The van der Waals surface area contributed by atoms with E-state index in [9.17, 15) is 0 Å². The minimum atomic E-state index is 0.295. The summed E-state index contributed by atoms with van der Waals surface area (Å²) in [5.74, 6) is 2.31. The molecule has 1 atom stereocenters. The van der Waals surface area contributed by atoms with Crippen molar-refractivity contribution in [2.45, 2.75) is 76.2 Å². The maximum atomic E-state index is 5.51. The average Bonchev–Trinajstić information content (AvgIpc) is 2.89. The molecule has 4 nitrogen and oxygen atoms in total. The molecule has 1 aliphatic heterocycles. The first-order valence-corrected chi connectivity index (χ1v) is 8.00. The van der Waals surface area contributed by atoms with Gasteiger partial charge in [0.1, 0.15) is 0 Å². The van der Waals surface area contributed by atoms with Crippen molar-refractivity contribution in [2.24, 2.45) is 0 Å². The zero-order valence-corrected chi connectivity index (χ0v) is 11.7. The number of nitrogens with one attached hydrogen (secondary N) is 1. The van der Waals surface area contributed by atoms with Crippen LogP contribution in [0.2, 0.25) is 0 Å². The number of hydrogen-bond acceptors (Lipinski definition) is 4. The summed E-state index contributed by atoms with van der Waals surface area (Å²) in [7, 11) is 0. The van der Waals surface area contributed by atoms with Gasteiger partial charge < -0.3 is 9.84 Å². The summed E-state index contributed by atoms with van der Waals surface area (Å²) in [5.41, 5.74) is 0. The van der Waals surface area contributed by atoms with Gasteiger partial charge in [0, 0.05) is 5.92 Å². The molecule has 106 valence electrons. The van der Waals surface area contributed by atoms with Crippen molar-refractivity contribution < 1.29 is 4.52 Å². The molecule has 1 saturated heterocycles. The Bertz CT molecular complexity index is 376. The second kappa shape index (κ2) is 6.51. The highest BCUT2D eigenvalue weighted by molar-refractivity contribution is 4.99. The van der Waals surface area contributed by atoms with Crippen molar-refractivity contribution in [3.63, 3.8) is 0 Å². The van der Waals surface area contributed by atoms with E-state index in [4.69, 9.17) is 4.52 Å². The monoisotopic (exact) mass is 263 g/mol. The molecule has 1 aromatic heterocycles. The summed E-state index contributed by atoms with van der Waals surface area (Å²) in [6.07, 6.45) is 12.9. The zero-order valence-electron chi connectivity index (χ0n) is 11.7. The molecule has 0 aromatic carbocycles. The first kappa shape index (κ1) is 13.1. The van der Waals surface area contributed by atoms with E-state index in [1.807, 2.05) is 0 Å². The van der Waals surface area contributed by atoms with Crippen LogP contribution in [-0.4, -0.2) is 16.7 Å². The molecular weight excluding hydrogens is 238 g/mol. The predicted octanol–water partition coefficient (Wildman–Crippen LogP) is 3.71. The van der Waals surface area contributed by atoms with Crippen LogP contribution < -0.4 is 5.32 Å². The van der Waals surface area contributed by atoms with E-state index >= 15 is 0 Å². The normalized spacial score (nSPS) is 26.8. The topological polar surface area (TPSA) is 51.0 Å². The van der Waals surface area contributed by atoms with Gasteiger partial charge in [0.05, 0.1) is 6.04 Å². The van der Waals surface area contributed by atoms with Crippen molar-refractivity contribution in [1.82, 2.24) is 15.5 Å². The van der Waals surface area contributed by atoms with Gasteiger partial charge in [0.15, 0.2) is 5.82 Å². The van der Waals surface area contributed by atoms with Crippen LogP contribution in [-0.2, 0) is 0 Å². The second-order valence-corrected chi connectivity index (χ2v) is 6.04. The maximum absolute atomic E-state index is 5.51. The third kappa shape index (κ3) is 3.35. The summed E-state index contributed by atoms with van der Waals surface area (Å²) in [4.78, 5) is 4.69. The largest absolute Gasteiger partial charge is 0.338 e. The van der Waals surface area contributed by atoms with E-state index in [-0.39, 0.29) is 0 Å². The summed E-state index contributed by atoms with van der Waals surface area (Å²) >= 11 is 0. The molecule has 1 aliphatic carbocycles. The van der Waals surface area contributed by atoms with Crippen LogP contribution in [0.15, 0.2) is 4.52 Å². The van der Waals surface area contributed by atoms with Crippen LogP contribution in [0.4, 0.5) is 0 Å². The van der Waals surface area contributed by atoms with Crippen LogP contribution in [0.25, 0.3) is 0 Å². The molecule has 0 spiro atoms. The number of aromatic nitrogens is 2. The molecule has 1 saturated carbocycles. The molecule has 0 bridgehead atoms. The van der Waals surface area contributed by atoms with Gasteiger partial charge in [0.2, 0.25) is 5.89 Å². The predicted molar refractivity (Wildman–Crippen MR) is 74.0 cm³/mol. The lowest BCUT2D eigenvalue weighted by Crippen LogP contribution is -2.27. The SMILES string of the molecule is C1CCCC(c2noc([C@@H]3CCCCN3)n2)CCC1.